The number of nitrogens with zero attached hydrogens (tertiary/aromatic N) is 1. The van der Waals surface area contributed by atoms with Crippen molar-refractivity contribution < 1.29 is 9.90 Å². The van der Waals surface area contributed by atoms with E-state index in [-0.39, 0.29) is 18.6 Å². The quantitative estimate of drug-likeness (QED) is 0.844. The highest BCUT2D eigenvalue weighted by molar-refractivity contribution is 5.78. The van der Waals surface area contributed by atoms with E-state index >= 15 is 0 Å². The van der Waals surface area contributed by atoms with Crippen molar-refractivity contribution in [2.24, 2.45) is 5.92 Å². The molecule has 4 heteroatoms. The number of aliphatic hydroxyl groups excluding tert-OH is 1. The summed E-state index contributed by atoms with van der Waals surface area (Å²) in [5, 5.41) is 12.1. The zero-order valence-corrected chi connectivity index (χ0v) is 10.5. The number of carbonyl (C=O) groups excluding carboxylic acids is 1. The average molecular weight is 248 g/mol. The molecule has 1 fully saturated rings. The maximum absolute atomic E-state index is 11.8. The van der Waals surface area contributed by atoms with E-state index in [2.05, 4.69) is 10.3 Å². The molecule has 0 unspecified atom stereocenters. The van der Waals surface area contributed by atoms with Gasteiger partial charge in [0, 0.05) is 24.5 Å². The summed E-state index contributed by atoms with van der Waals surface area (Å²) >= 11 is 0. The summed E-state index contributed by atoms with van der Waals surface area (Å²) in [6.07, 6.45) is 6.00. The summed E-state index contributed by atoms with van der Waals surface area (Å²) in [5.74, 6) is 0.468. The molecule has 2 N–H and O–H groups in total. The van der Waals surface area contributed by atoms with Crippen LogP contribution < -0.4 is 5.32 Å². The minimum absolute atomic E-state index is 0.0427. The standard InChI is InChI=1S/C14H20N2O2/c17-10-11-4-6-12(7-5-11)16-14(18)9-13-3-1-2-8-15-13/h1-3,8,11-12,17H,4-7,9-10H2,(H,16,18). The number of hydrogen-bond donors (Lipinski definition) is 2. The lowest BCUT2D eigenvalue weighted by atomic mass is 9.86. The largest absolute Gasteiger partial charge is 0.396 e. The molecule has 0 spiro atoms. The van der Waals surface area contributed by atoms with E-state index in [9.17, 15) is 4.79 Å². The van der Waals surface area contributed by atoms with E-state index in [1.165, 1.54) is 0 Å². The first kappa shape index (κ1) is 13.0. The molecule has 0 bridgehead atoms. The number of aromatic nitrogens is 1. The first-order valence-electron chi connectivity index (χ1n) is 6.58. The van der Waals surface area contributed by atoms with Crippen molar-refractivity contribution in [1.82, 2.24) is 10.3 Å². The average Bonchev–Trinajstić information content (AvgIpc) is 2.40. The molecule has 18 heavy (non-hydrogen) atoms. The van der Waals surface area contributed by atoms with Gasteiger partial charge in [-0.1, -0.05) is 6.07 Å². The molecule has 0 aromatic carbocycles. The van der Waals surface area contributed by atoms with Gasteiger partial charge in [0.1, 0.15) is 0 Å². The molecule has 4 nitrogen and oxygen atoms in total. The fourth-order valence-electron chi connectivity index (χ4n) is 2.44. The van der Waals surface area contributed by atoms with Crippen LogP contribution in [0.5, 0.6) is 0 Å². The molecule has 0 aliphatic heterocycles. The molecule has 1 aliphatic carbocycles. The van der Waals surface area contributed by atoms with Gasteiger partial charge in [-0.05, 0) is 43.7 Å². The van der Waals surface area contributed by atoms with Crippen LogP contribution in [0.15, 0.2) is 24.4 Å². The monoisotopic (exact) mass is 248 g/mol. The molecule has 1 aliphatic rings. The fraction of sp³-hybridized carbons (Fsp3) is 0.571. The summed E-state index contributed by atoms with van der Waals surface area (Å²) < 4.78 is 0. The van der Waals surface area contributed by atoms with Crippen LogP contribution in [0.3, 0.4) is 0 Å². The Morgan fingerprint density at radius 2 is 2.11 bits per heavy atom. The third kappa shape index (κ3) is 3.81. The molecule has 1 saturated carbocycles. The molecule has 2 rings (SSSR count). The predicted molar refractivity (Wildman–Crippen MR) is 68.9 cm³/mol. The third-order valence-corrected chi connectivity index (χ3v) is 3.54. The Morgan fingerprint density at radius 3 is 2.72 bits per heavy atom. The summed E-state index contributed by atoms with van der Waals surface area (Å²) in [6, 6.07) is 5.87. The molecule has 98 valence electrons. The van der Waals surface area contributed by atoms with Crippen molar-refractivity contribution in [2.75, 3.05) is 6.61 Å². The van der Waals surface area contributed by atoms with Crippen LogP contribution in [-0.2, 0) is 11.2 Å². The van der Waals surface area contributed by atoms with Crippen LogP contribution in [0.1, 0.15) is 31.4 Å². The van der Waals surface area contributed by atoms with Crippen LogP contribution in [0.25, 0.3) is 0 Å². The van der Waals surface area contributed by atoms with E-state index in [4.69, 9.17) is 5.11 Å². The predicted octanol–water partition coefficient (Wildman–Crippen LogP) is 1.29. The zero-order valence-electron chi connectivity index (χ0n) is 10.5. The molecule has 1 aromatic rings. The molecular weight excluding hydrogens is 228 g/mol. The second-order valence-corrected chi connectivity index (χ2v) is 4.97. The molecule has 1 amide bonds. The topological polar surface area (TPSA) is 62.2 Å². The summed E-state index contributed by atoms with van der Waals surface area (Å²) in [6.45, 7) is 0.272. The lowest BCUT2D eigenvalue weighted by Gasteiger charge is -2.27. The van der Waals surface area contributed by atoms with Gasteiger partial charge in [-0.15, -0.1) is 0 Å². The van der Waals surface area contributed by atoms with Gasteiger partial charge in [0.25, 0.3) is 0 Å². The second kappa shape index (κ2) is 6.50. The van der Waals surface area contributed by atoms with Crippen LogP contribution in [0, 0.1) is 5.92 Å². The van der Waals surface area contributed by atoms with Crippen molar-refractivity contribution in [3.8, 4) is 0 Å². The first-order chi connectivity index (χ1) is 8.78. The van der Waals surface area contributed by atoms with Crippen LogP contribution in [0.2, 0.25) is 0 Å². The third-order valence-electron chi connectivity index (χ3n) is 3.54. The normalized spacial score (nSPS) is 23.6. The maximum Gasteiger partial charge on any atom is 0.226 e. The van der Waals surface area contributed by atoms with Gasteiger partial charge in [-0.2, -0.15) is 0 Å². The smallest absolute Gasteiger partial charge is 0.226 e. The van der Waals surface area contributed by atoms with Gasteiger partial charge >= 0.3 is 0 Å². The number of amides is 1. The molecule has 0 atom stereocenters. The van der Waals surface area contributed by atoms with E-state index in [1.807, 2.05) is 18.2 Å². The second-order valence-electron chi connectivity index (χ2n) is 4.97. The molecule has 1 aromatic heterocycles. The Hall–Kier alpha value is -1.42. The van der Waals surface area contributed by atoms with E-state index in [0.717, 1.165) is 31.4 Å². The van der Waals surface area contributed by atoms with Crippen LogP contribution in [0.4, 0.5) is 0 Å². The highest BCUT2D eigenvalue weighted by Gasteiger charge is 2.21. The highest BCUT2D eigenvalue weighted by atomic mass is 16.3. The van der Waals surface area contributed by atoms with Gasteiger partial charge in [-0.3, -0.25) is 9.78 Å². The number of pyridine rings is 1. The van der Waals surface area contributed by atoms with Crippen LogP contribution >= 0.6 is 0 Å². The molecule has 0 saturated heterocycles. The SMILES string of the molecule is O=C(Cc1ccccn1)NC1CCC(CO)CC1. The van der Waals surface area contributed by atoms with Gasteiger partial charge < -0.3 is 10.4 Å². The molecular formula is C14H20N2O2. The fourth-order valence-corrected chi connectivity index (χ4v) is 2.44. The Bertz CT molecular complexity index is 373. The number of carbonyl (C=O) groups is 1. The van der Waals surface area contributed by atoms with Crippen molar-refractivity contribution >= 4 is 5.91 Å². The Morgan fingerprint density at radius 1 is 1.33 bits per heavy atom. The number of aliphatic hydroxyl groups is 1. The van der Waals surface area contributed by atoms with Crippen molar-refractivity contribution in [1.29, 1.82) is 0 Å². The van der Waals surface area contributed by atoms with E-state index in [1.54, 1.807) is 6.20 Å². The maximum atomic E-state index is 11.8. The summed E-state index contributed by atoms with van der Waals surface area (Å²) in [7, 11) is 0. The zero-order chi connectivity index (χ0) is 12.8. The number of hydrogen-bond acceptors (Lipinski definition) is 3. The van der Waals surface area contributed by atoms with Crippen LogP contribution in [-0.4, -0.2) is 28.6 Å². The lowest BCUT2D eigenvalue weighted by molar-refractivity contribution is -0.121. The minimum Gasteiger partial charge on any atom is -0.396 e. The van der Waals surface area contributed by atoms with Gasteiger partial charge in [0.05, 0.1) is 6.42 Å². The molecule has 0 radical (unpaired) electrons. The Labute approximate surface area is 107 Å². The van der Waals surface area contributed by atoms with Crippen molar-refractivity contribution in [2.45, 2.75) is 38.1 Å². The van der Waals surface area contributed by atoms with Crippen molar-refractivity contribution in [3.63, 3.8) is 0 Å². The number of nitrogens with one attached hydrogen (secondary N) is 1. The lowest BCUT2D eigenvalue weighted by Crippen LogP contribution is -2.38. The van der Waals surface area contributed by atoms with Gasteiger partial charge in [-0.25, -0.2) is 0 Å². The van der Waals surface area contributed by atoms with E-state index in [0.29, 0.717) is 12.3 Å². The molecule has 1 heterocycles. The highest BCUT2D eigenvalue weighted by Crippen LogP contribution is 2.23. The van der Waals surface area contributed by atoms with Gasteiger partial charge in [0.15, 0.2) is 0 Å². The van der Waals surface area contributed by atoms with E-state index < -0.39 is 0 Å². The first-order valence-corrected chi connectivity index (χ1v) is 6.58. The van der Waals surface area contributed by atoms with Gasteiger partial charge in [0.2, 0.25) is 5.91 Å². The Balaban J connectivity index is 1.75. The Kier molecular flexibility index (Phi) is 4.70. The minimum atomic E-state index is 0.0427. The number of rotatable bonds is 4. The summed E-state index contributed by atoms with van der Waals surface area (Å²) in [5.41, 5.74) is 0.805. The van der Waals surface area contributed by atoms with Crippen molar-refractivity contribution in [3.05, 3.63) is 30.1 Å². The summed E-state index contributed by atoms with van der Waals surface area (Å²) in [4.78, 5) is 16.0.